The van der Waals surface area contributed by atoms with Gasteiger partial charge in [0.25, 0.3) is 0 Å². The SMILES string of the molecule is C[C@@H]1[C@@H](CS(C)(=O)=O)CN1c1nc(Cl)c(Br)c2cc(Nc3ccnc(N(C)C)n3)ncc12. The van der Waals surface area contributed by atoms with E-state index in [9.17, 15) is 8.42 Å². The van der Waals surface area contributed by atoms with Crippen molar-refractivity contribution < 1.29 is 8.42 Å². The van der Waals surface area contributed by atoms with Gasteiger partial charge in [-0.1, -0.05) is 11.6 Å². The summed E-state index contributed by atoms with van der Waals surface area (Å²) in [6.45, 7) is 2.60. The van der Waals surface area contributed by atoms with Gasteiger partial charge in [-0.25, -0.2) is 23.4 Å². The van der Waals surface area contributed by atoms with Gasteiger partial charge in [-0.15, -0.1) is 0 Å². The molecule has 0 unspecified atom stereocenters. The zero-order chi connectivity index (χ0) is 23.2. The number of anilines is 4. The number of nitrogens with one attached hydrogen (secondary N) is 1. The minimum atomic E-state index is -3.04. The summed E-state index contributed by atoms with van der Waals surface area (Å²) >= 11 is 9.97. The van der Waals surface area contributed by atoms with E-state index in [-0.39, 0.29) is 17.7 Å². The molecule has 1 N–H and O–H groups in total. The Morgan fingerprint density at radius 1 is 1.25 bits per heavy atom. The van der Waals surface area contributed by atoms with Crippen LogP contribution in [0.25, 0.3) is 10.8 Å². The largest absolute Gasteiger partial charge is 0.353 e. The van der Waals surface area contributed by atoms with Crippen LogP contribution in [0.1, 0.15) is 6.92 Å². The smallest absolute Gasteiger partial charge is 0.226 e. The first kappa shape index (κ1) is 22.9. The normalized spacial score (nSPS) is 18.5. The lowest BCUT2D eigenvalue weighted by molar-refractivity contribution is 0.339. The standard InChI is InChI=1S/C20H23BrClN7O2S/c1-11-12(10-32(4,30)31)9-29(11)19-14-8-24-16(7-13(14)17(21)18(22)27-19)25-15-5-6-23-20(26-15)28(2)3/h5-8,11-12H,9-10H2,1-4H3,(H,23,24,25,26)/t11-,12-/m1/s1. The van der Waals surface area contributed by atoms with Gasteiger partial charge in [0.15, 0.2) is 0 Å². The molecule has 1 saturated heterocycles. The third kappa shape index (κ3) is 4.60. The minimum absolute atomic E-state index is 0.0286. The molecule has 4 heterocycles. The predicted molar refractivity (Wildman–Crippen MR) is 132 cm³/mol. The molecule has 1 aliphatic heterocycles. The van der Waals surface area contributed by atoms with E-state index >= 15 is 0 Å². The van der Waals surface area contributed by atoms with Gasteiger partial charge in [-0.2, -0.15) is 4.98 Å². The van der Waals surface area contributed by atoms with Crippen LogP contribution in [-0.2, 0) is 9.84 Å². The number of nitrogens with zero attached hydrogens (tertiary/aromatic N) is 6. The first-order valence-electron chi connectivity index (χ1n) is 9.90. The molecule has 0 saturated carbocycles. The van der Waals surface area contributed by atoms with Crippen LogP contribution in [0.2, 0.25) is 5.15 Å². The van der Waals surface area contributed by atoms with E-state index in [1.807, 2.05) is 32.0 Å². The Hall–Kier alpha value is -2.24. The molecule has 170 valence electrons. The first-order chi connectivity index (χ1) is 15.0. The van der Waals surface area contributed by atoms with E-state index in [1.54, 1.807) is 18.5 Å². The molecule has 12 heteroatoms. The van der Waals surface area contributed by atoms with E-state index < -0.39 is 9.84 Å². The van der Waals surface area contributed by atoms with E-state index in [0.29, 0.717) is 39.6 Å². The van der Waals surface area contributed by atoms with Gasteiger partial charge >= 0.3 is 0 Å². The second-order valence-corrected chi connectivity index (χ2v) is 11.5. The molecule has 0 amide bonds. The van der Waals surface area contributed by atoms with E-state index in [2.05, 4.69) is 46.1 Å². The van der Waals surface area contributed by atoms with Crippen molar-refractivity contribution in [2.75, 3.05) is 47.8 Å². The highest BCUT2D eigenvalue weighted by atomic mass is 79.9. The number of hydrogen-bond donors (Lipinski definition) is 1. The molecule has 0 bridgehead atoms. The van der Waals surface area contributed by atoms with E-state index in [1.165, 1.54) is 6.26 Å². The van der Waals surface area contributed by atoms with Crippen LogP contribution >= 0.6 is 27.5 Å². The molecule has 2 atom stereocenters. The zero-order valence-electron chi connectivity index (χ0n) is 18.0. The minimum Gasteiger partial charge on any atom is -0.353 e. The molecule has 3 aromatic rings. The Morgan fingerprint density at radius 3 is 2.66 bits per heavy atom. The van der Waals surface area contributed by atoms with Crippen molar-refractivity contribution in [2.24, 2.45) is 5.92 Å². The van der Waals surface area contributed by atoms with Gasteiger partial charge in [0.05, 0.1) is 10.2 Å². The third-order valence-electron chi connectivity index (χ3n) is 5.46. The van der Waals surface area contributed by atoms with Gasteiger partial charge in [-0.05, 0) is 35.0 Å². The molecule has 0 aliphatic carbocycles. The fourth-order valence-electron chi connectivity index (χ4n) is 3.73. The molecule has 9 nitrogen and oxygen atoms in total. The van der Waals surface area contributed by atoms with Crippen LogP contribution < -0.4 is 15.1 Å². The summed E-state index contributed by atoms with van der Waals surface area (Å²) in [4.78, 5) is 21.7. The van der Waals surface area contributed by atoms with Gasteiger partial charge in [-0.3, -0.25) is 0 Å². The van der Waals surface area contributed by atoms with Crippen molar-refractivity contribution in [3.63, 3.8) is 0 Å². The maximum Gasteiger partial charge on any atom is 0.226 e. The van der Waals surface area contributed by atoms with Crippen LogP contribution in [0, 0.1) is 5.92 Å². The number of sulfone groups is 1. The maximum absolute atomic E-state index is 11.7. The Labute approximate surface area is 200 Å². The summed E-state index contributed by atoms with van der Waals surface area (Å²) in [5.41, 5.74) is 0. The highest BCUT2D eigenvalue weighted by molar-refractivity contribution is 9.10. The number of halogens is 2. The molecule has 1 aliphatic rings. The Kier molecular flexibility index (Phi) is 6.17. The first-order valence-corrected chi connectivity index (χ1v) is 13.1. The summed E-state index contributed by atoms with van der Waals surface area (Å²) in [7, 11) is 0.708. The van der Waals surface area contributed by atoms with Crippen LogP contribution in [0.5, 0.6) is 0 Å². The number of hydrogen-bond acceptors (Lipinski definition) is 9. The molecule has 3 aromatic heterocycles. The summed E-state index contributed by atoms with van der Waals surface area (Å²) < 4.78 is 24.0. The summed E-state index contributed by atoms with van der Waals surface area (Å²) in [5, 5.41) is 5.21. The quantitative estimate of drug-likeness (QED) is 0.470. The van der Waals surface area contributed by atoms with Gasteiger partial charge in [0.1, 0.15) is 32.4 Å². The fraction of sp³-hybridized carbons (Fsp3) is 0.400. The van der Waals surface area contributed by atoms with E-state index in [0.717, 1.165) is 10.8 Å². The van der Waals surface area contributed by atoms with Crippen molar-refractivity contribution >= 4 is 71.5 Å². The van der Waals surface area contributed by atoms with Crippen molar-refractivity contribution in [1.82, 2.24) is 19.9 Å². The molecule has 32 heavy (non-hydrogen) atoms. The second kappa shape index (κ2) is 8.60. The molecule has 0 spiro atoms. The van der Waals surface area contributed by atoms with Crippen LogP contribution in [0.4, 0.5) is 23.4 Å². The average Bonchev–Trinajstić information content (AvgIpc) is 2.73. The van der Waals surface area contributed by atoms with Gasteiger partial charge in [0.2, 0.25) is 5.95 Å². The van der Waals surface area contributed by atoms with Crippen LogP contribution in [-0.4, -0.2) is 67.0 Å². The van der Waals surface area contributed by atoms with Crippen molar-refractivity contribution in [3.8, 4) is 0 Å². The Bertz CT molecular complexity index is 1290. The Balaban J connectivity index is 1.66. The predicted octanol–water partition coefficient (Wildman–Crippen LogP) is 3.51. The Morgan fingerprint density at radius 2 is 2.00 bits per heavy atom. The number of rotatable bonds is 6. The zero-order valence-corrected chi connectivity index (χ0v) is 21.2. The van der Waals surface area contributed by atoms with Gasteiger partial charge < -0.3 is 15.1 Å². The summed E-state index contributed by atoms with van der Waals surface area (Å²) in [6.07, 6.45) is 4.69. The van der Waals surface area contributed by atoms with Crippen LogP contribution in [0.15, 0.2) is 29.0 Å². The lowest BCUT2D eigenvalue weighted by atomic mass is 9.91. The molecule has 0 radical (unpaired) electrons. The lowest BCUT2D eigenvalue weighted by Crippen LogP contribution is -2.57. The fourth-order valence-corrected chi connectivity index (χ4v) is 5.49. The van der Waals surface area contributed by atoms with Crippen molar-refractivity contribution in [1.29, 1.82) is 0 Å². The number of pyridine rings is 2. The number of fused-ring (bicyclic) bond motifs is 1. The molecule has 1 fully saturated rings. The van der Waals surface area contributed by atoms with E-state index in [4.69, 9.17) is 11.6 Å². The van der Waals surface area contributed by atoms with Crippen LogP contribution in [0.3, 0.4) is 0 Å². The molecular weight excluding hydrogens is 518 g/mol. The van der Waals surface area contributed by atoms with Crippen molar-refractivity contribution in [3.05, 3.63) is 34.2 Å². The lowest BCUT2D eigenvalue weighted by Gasteiger charge is -2.47. The molecular formula is C20H23BrClN7O2S. The second-order valence-electron chi connectivity index (χ2n) is 8.16. The monoisotopic (exact) mass is 539 g/mol. The highest BCUT2D eigenvalue weighted by Crippen LogP contribution is 2.40. The third-order valence-corrected chi connectivity index (χ3v) is 7.80. The average molecular weight is 541 g/mol. The maximum atomic E-state index is 11.7. The topological polar surface area (TPSA) is 104 Å². The van der Waals surface area contributed by atoms with Crippen molar-refractivity contribution in [2.45, 2.75) is 13.0 Å². The summed E-state index contributed by atoms with van der Waals surface area (Å²) in [5.74, 6) is 2.71. The summed E-state index contributed by atoms with van der Waals surface area (Å²) in [6, 6.07) is 3.68. The number of aromatic nitrogens is 4. The molecule has 0 aromatic carbocycles. The molecule has 4 rings (SSSR count). The highest BCUT2D eigenvalue weighted by Gasteiger charge is 2.39. The van der Waals surface area contributed by atoms with Gasteiger partial charge in [0, 0.05) is 62.0 Å².